The summed E-state index contributed by atoms with van der Waals surface area (Å²) in [6, 6.07) is 14.9. The van der Waals surface area contributed by atoms with Crippen LogP contribution < -0.4 is 4.74 Å². The van der Waals surface area contributed by atoms with Crippen LogP contribution in [0.2, 0.25) is 0 Å². The molecule has 0 spiro atoms. The zero-order valence-corrected chi connectivity index (χ0v) is 23.2. The Bertz CT molecular complexity index is 1240. The third-order valence-corrected chi connectivity index (χ3v) is 7.44. The highest BCUT2D eigenvalue weighted by Gasteiger charge is 2.20. The highest BCUT2D eigenvalue weighted by atomic mass is 16.5. The van der Waals surface area contributed by atoms with Crippen molar-refractivity contribution in [2.75, 3.05) is 60.5 Å². The molecule has 1 aromatic heterocycles. The number of carbonyl (C=O) groups excluding carboxylic acids is 1. The Balaban J connectivity index is 1.37. The van der Waals surface area contributed by atoms with E-state index in [0.717, 1.165) is 70.0 Å². The number of carbonyl (C=O) groups is 1. The maximum Gasteiger partial charge on any atom is 0.246 e. The zero-order chi connectivity index (χ0) is 26.4. The molecule has 0 aliphatic carbocycles. The van der Waals surface area contributed by atoms with Crippen molar-refractivity contribution in [3.05, 3.63) is 70.9 Å². The van der Waals surface area contributed by atoms with Gasteiger partial charge in [0.25, 0.3) is 0 Å². The van der Waals surface area contributed by atoms with E-state index in [1.165, 1.54) is 27.7 Å². The number of hydrogen-bond acceptors (Lipinski definition) is 4. The van der Waals surface area contributed by atoms with E-state index in [1.807, 2.05) is 23.1 Å². The molecule has 37 heavy (non-hydrogen) atoms. The summed E-state index contributed by atoms with van der Waals surface area (Å²) in [7, 11) is 5.94. The van der Waals surface area contributed by atoms with Crippen molar-refractivity contribution < 1.29 is 9.53 Å². The fraction of sp³-hybridized carbons (Fsp3) is 0.452. The summed E-state index contributed by atoms with van der Waals surface area (Å²) < 4.78 is 7.74. The number of benzene rings is 2. The molecule has 2 heterocycles. The van der Waals surface area contributed by atoms with Crippen molar-refractivity contribution in [3.8, 4) is 5.75 Å². The lowest BCUT2D eigenvalue weighted by atomic mass is 10.1. The average molecular weight is 503 g/mol. The Kier molecular flexibility index (Phi) is 9.06. The second-order valence-corrected chi connectivity index (χ2v) is 10.4. The molecule has 6 heteroatoms. The fourth-order valence-electron chi connectivity index (χ4n) is 5.23. The van der Waals surface area contributed by atoms with E-state index in [-0.39, 0.29) is 5.91 Å². The summed E-state index contributed by atoms with van der Waals surface area (Å²) >= 11 is 0. The van der Waals surface area contributed by atoms with Crippen LogP contribution in [0, 0.1) is 13.8 Å². The first-order valence-corrected chi connectivity index (χ1v) is 13.4. The summed E-state index contributed by atoms with van der Waals surface area (Å²) in [5, 5.41) is 1.23. The Hall–Kier alpha value is -3.09. The van der Waals surface area contributed by atoms with E-state index in [2.05, 4.69) is 72.6 Å². The average Bonchev–Trinajstić information content (AvgIpc) is 3.15. The molecular weight excluding hydrogens is 460 g/mol. The molecule has 1 fully saturated rings. The molecular formula is C31H42N4O2. The largest absolute Gasteiger partial charge is 0.497 e. The van der Waals surface area contributed by atoms with Crippen molar-refractivity contribution in [2.45, 2.75) is 33.2 Å². The molecule has 1 amide bonds. The van der Waals surface area contributed by atoms with E-state index in [0.29, 0.717) is 0 Å². The minimum absolute atomic E-state index is 0.105. The highest BCUT2D eigenvalue weighted by molar-refractivity contribution is 5.97. The van der Waals surface area contributed by atoms with Gasteiger partial charge in [0.15, 0.2) is 0 Å². The van der Waals surface area contributed by atoms with Crippen LogP contribution in [0.15, 0.2) is 48.5 Å². The Morgan fingerprint density at radius 1 is 1.03 bits per heavy atom. The monoisotopic (exact) mass is 502 g/mol. The van der Waals surface area contributed by atoms with Crippen molar-refractivity contribution in [1.29, 1.82) is 0 Å². The molecule has 4 rings (SSSR count). The third-order valence-electron chi connectivity index (χ3n) is 7.44. The van der Waals surface area contributed by atoms with Gasteiger partial charge in [0, 0.05) is 67.5 Å². The topological polar surface area (TPSA) is 41.0 Å². The van der Waals surface area contributed by atoms with E-state index < -0.39 is 0 Å². The van der Waals surface area contributed by atoms with Crippen LogP contribution in [0.25, 0.3) is 17.0 Å². The number of aromatic nitrogens is 1. The highest BCUT2D eigenvalue weighted by Crippen LogP contribution is 2.28. The van der Waals surface area contributed by atoms with Gasteiger partial charge in [0.05, 0.1) is 7.11 Å². The maximum absolute atomic E-state index is 13.1. The van der Waals surface area contributed by atoms with Crippen LogP contribution in [-0.4, -0.2) is 85.6 Å². The summed E-state index contributed by atoms with van der Waals surface area (Å²) in [5.41, 5.74) is 6.16. The van der Waals surface area contributed by atoms with E-state index in [4.69, 9.17) is 4.74 Å². The van der Waals surface area contributed by atoms with Crippen LogP contribution in [0.5, 0.6) is 5.75 Å². The predicted molar refractivity (Wildman–Crippen MR) is 153 cm³/mol. The van der Waals surface area contributed by atoms with Crippen LogP contribution in [0.1, 0.15) is 28.8 Å². The number of methoxy groups -OCH3 is 1. The minimum Gasteiger partial charge on any atom is -0.497 e. The lowest BCUT2D eigenvalue weighted by molar-refractivity contribution is -0.127. The molecule has 1 aliphatic rings. The standard InChI is InChI=1S/C31H42N4O2/c1-24-10-12-30-29(22-24)28(25(2)35(30)16-7-15-32(3)4)11-13-31(36)34-20-18-33(19-21-34)17-14-26-8-6-9-27(23-26)37-5/h6,8-13,22-23H,7,14-21H2,1-5H3/b13-11+. The van der Waals surface area contributed by atoms with Gasteiger partial charge in [0.1, 0.15) is 5.75 Å². The molecule has 3 aromatic rings. The molecule has 2 aromatic carbocycles. The van der Waals surface area contributed by atoms with Gasteiger partial charge >= 0.3 is 0 Å². The molecule has 0 bridgehead atoms. The van der Waals surface area contributed by atoms with Gasteiger partial charge in [0.2, 0.25) is 5.91 Å². The fourth-order valence-corrected chi connectivity index (χ4v) is 5.23. The maximum atomic E-state index is 13.1. The number of ether oxygens (including phenoxy) is 1. The van der Waals surface area contributed by atoms with E-state index in [9.17, 15) is 4.79 Å². The first kappa shape index (κ1) is 27.0. The summed E-state index contributed by atoms with van der Waals surface area (Å²) in [6.45, 7) is 10.7. The summed E-state index contributed by atoms with van der Waals surface area (Å²) in [5.74, 6) is 1.01. The second kappa shape index (κ2) is 12.4. The van der Waals surface area contributed by atoms with Crippen molar-refractivity contribution in [2.24, 2.45) is 0 Å². The minimum atomic E-state index is 0.105. The van der Waals surface area contributed by atoms with Gasteiger partial charge in [-0.2, -0.15) is 0 Å². The van der Waals surface area contributed by atoms with Gasteiger partial charge < -0.3 is 19.1 Å². The molecule has 198 valence electrons. The van der Waals surface area contributed by atoms with Crippen LogP contribution in [-0.2, 0) is 17.8 Å². The third kappa shape index (κ3) is 6.82. The van der Waals surface area contributed by atoms with Gasteiger partial charge in [-0.3, -0.25) is 9.69 Å². The molecule has 0 saturated carbocycles. The number of nitrogens with zero attached hydrogens (tertiary/aromatic N) is 4. The number of aryl methyl sites for hydroxylation is 2. The SMILES string of the molecule is COc1cccc(CCN2CCN(C(=O)/C=C/c3c(C)n(CCCN(C)C)c4ccc(C)cc34)CC2)c1. The lowest BCUT2D eigenvalue weighted by Gasteiger charge is -2.34. The zero-order valence-electron chi connectivity index (χ0n) is 23.2. The van der Waals surface area contributed by atoms with Crippen molar-refractivity contribution in [1.82, 2.24) is 19.3 Å². The van der Waals surface area contributed by atoms with Crippen molar-refractivity contribution in [3.63, 3.8) is 0 Å². The van der Waals surface area contributed by atoms with Gasteiger partial charge in [-0.05, 0) is 83.2 Å². The Morgan fingerprint density at radius 3 is 2.54 bits per heavy atom. The van der Waals surface area contributed by atoms with Crippen LogP contribution >= 0.6 is 0 Å². The smallest absolute Gasteiger partial charge is 0.246 e. The van der Waals surface area contributed by atoms with Gasteiger partial charge in [-0.15, -0.1) is 0 Å². The van der Waals surface area contributed by atoms with E-state index >= 15 is 0 Å². The summed E-state index contributed by atoms with van der Waals surface area (Å²) in [6.07, 6.45) is 5.90. The molecule has 1 aliphatic heterocycles. The molecule has 0 N–H and O–H groups in total. The molecule has 0 unspecified atom stereocenters. The Morgan fingerprint density at radius 2 is 1.81 bits per heavy atom. The lowest BCUT2D eigenvalue weighted by Crippen LogP contribution is -2.48. The van der Waals surface area contributed by atoms with Crippen LogP contribution in [0.3, 0.4) is 0 Å². The quantitative estimate of drug-likeness (QED) is 0.380. The first-order valence-electron chi connectivity index (χ1n) is 13.4. The first-order chi connectivity index (χ1) is 17.9. The van der Waals surface area contributed by atoms with Crippen LogP contribution in [0.4, 0.5) is 0 Å². The number of fused-ring (bicyclic) bond motifs is 1. The number of hydrogen-bond donors (Lipinski definition) is 0. The molecule has 6 nitrogen and oxygen atoms in total. The van der Waals surface area contributed by atoms with Gasteiger partial charge in [-0.1, -0.05) is 23.8 Å². The normalized spacial score (nSPS) is 14.8. The predicted octanol–water partition coefficient (Wildman–Crippen LogP) is 4.62. The molecule has 1 saturated heterocycles. The second-order valence-electron chi connectivity index (χ2n) is 10.4. The molecule has 0 atom stereocenters. The van der Waals surface area contributed by atoms with Crippen molar-refractivity contribution >= 4 is 22.9 Å². The van der Waals surface area contributed by atoms with Gasteiger partial charge in [-0.25, -0.2) is 0 Å². The summed E-state index contributed by atoms with van der Waals surface area (Å²) in [4.78, 5) is 19.7. The van der Waals surface area contributed by atoms with E-state index in [1.54, 1.807) is 13.2 Å². The molecule has 0 radical (unpaired) electrons. The number of amides is 1. The number of piperazine rings is 1. The number of rotatable bonds is 10. The Labute approximate surface area is 222 Å².